The van der Waals surface area contributed by atoms with E-state index >= 15 is 0 Å². The molecule has 22 nitrogen and oxygen atoms in total. The van der Waals surface area contributed by atoms with Gasteiger partial charge in [0.15, 0.2) is 0 Å². The molecule has 0 radical (unpaired) electrons. The third-order valence-electron chi connectivity index (χ3n) is 9.63. The molecule has 1 aliphatic heterocycles. The van der Waals surface area contributed by atoms with Crippen LogP contribution in [-0.4, -0.2) is 141 Å². The van der Waals surface area contributed by atoms with Crippen LogP contribution in [0.4, 0.5) is 0 Å². The maximum atomic E-state index is 13.8. The average molecular weight is 828 g/mol. The van der Waals surface area contributed by atoms with Crippen molar-refractivity contribution in [1.82, 2.24) is 36.8 Å². The molecule has 22 heteroatoms. The van der Waals surface area contributed by atoms with Crippen molar-refractivity contribution in [2.24, 2.45) is 23.3 Å². The Morgan fingerprint density at radius 3 is 1.88 bits per heavy atom. The topological polar surface area (TPSA) is 359 Å². The molecule has 0 unspecified atom stereocenters. The molecule has 1 heterocycles. The Morgan fingerprint density at radius 2 is 1.33 bits per heavy atom. The lowest BCUT2D eigenvalue weighted by Crippen LogP contribution is -2.61. The Morgan fingerprint density at radius 1 is 0.724 bits per heavy atom. The van der Waals surface area contributed by atoms with Gasteiger partial charge < -0.3 is 63.6 Å². The van der Waals surface area contributed by atoms with Crippen molar-refractivity contribution in [3.05, 3.63) is 0 Å². The average Bonchev–Trinajstić information content (AvgIpc) is 3.66. The van der Waals surface area contributed by atoms with Crippen LogP contribution in [0.15, 0.2) is 0 Å². The second-order valence-corrected chi connectivity index (χ2v) is 14.7. The minimum atomic E-state index is -1.71. The lowest BCUT2D eigenvalue weighted by molar-refractivity contribution is -0.149. The summed E-state index contributed by atoms with van der Waals surface area (Å²) in [7, 11) is 0. The molecule has 0 aliphatic carbocycles. The number of amides is 7. The van der Waals surface area contributed by atoms with E-state index in [-0.39, 0.29) is 25.8 Å². The zero-order chi connectivity index (χ0) is 44.3. The lowest BCUT2D eigenvalue weighted by atomic mass is 9.95. The van der Waals surface area contributed by atoms with Gasteiger partial charge in [0, 0.05) is 13.0 Å². The summed E-state index contributed by atoms with van der Waals surface area (Å²) in [6.45, 7) is 7.76. The summed E-state index contributed by atoms with van der Waals surface area (Å²) in [4.78, 5) is 127. The van der Waals surface area contributed by atoms with Gasteiger partial charge in [-0.15, -0.1) is 0 Å². The highest BCUT2D eigenvalue weighted by atomic mass is 16.4. The highest BCUT2D eigenvalue weighted by Crippen LogP contribution is 2.19. The van der Waals surface area contributed by atoms with E-state index in [1.54, 1.807) is 27.7 Å². The van der Waals surface area contributed by atoms with Crippen LogP contribution in [0.3, 0.4) is 0 Å². The van der Waals surface area contributed by atoms with E-state index in [2.05, 4.69) is 31.9 Å². The number of nitrogens with two attached hydrogens (primary N) is 2. The van der Waals surface area contributed by atoms with Crippen molar-refractivity contribution in [3.8, 4) is 0 Å². The normalized spacial score (nSPS) is 17.3. The molecule has 0 aromatic heterocycles. The predicted octanol–water partition coefficient (Wildman–Crippen LogP) is -2.88. The fourth-order valence-corrected chi connectivity index (χ4v) is 6.01. The molecular formula is C36H61N9O13. The first-order chi connectivity index (χ1) is 27.1. The van der Waals surface area contributed by atoms with Gasteiger partial charge in [0.25, 0.3) is 0 Å². The molecule has 0 spiro atoms. The maximum absolute atomic E-state index is 13.8. The Hall–Kier alpha value is -5.38. The SMILES string of the molecule is CC[C@H](C)[C@H](NC(=O)[C@H](CC(=O)O)NC(=O)CNC(=O)[C@@H](N)CCC(=O)O)C(=O)N[C@H](C(=O)N[C@@H](CCCCN)C(=O)N[C@@H](C)C(=O)N1CCC[C@H]1C(=O)O)C(C)C. The summed E-state index contributed by atoms with van der Waals surface area (Å²) < 4.78 is 0. The summed E-state index contributed by atoms with van der Waals surface area (Å²) >= 11 is 0. The molecule has 1 rings (SSSR count). The van der Waals surface area contributed by atoms with Crippen LogP contribution >= 0.6 is 0 Å². The number of carbonyl (C=O) groups is 10. The molecule has 1 aliphatic rings. The van der Waals surface area contributed by atoms with Gasteiger partial charge in [0.2, 0.25) is 41.4 Å². The molecule has 1 saturated heterocycles. The summed E-state index contributed by atoms with van der Waals surface area (Å²) in [5.74, 6) is -10.8. The van der Waals surface area contributed by atoms with Crippen LogP contribution < -0.4 is 43.4 Å². The highest BCUT2D eigenvalue weighted by molar-refractivity contribution is 5.98. The zero-order valence-electron chi connectivity index (χ0n) is 33.7. The number of rotatable bonds is 26. The van der Waals surface area contributed by atoms with Crippen molar-refractivity contribution in [3.63, 3.8) is 0 Å². The fraction of sp³-hybridized carbons (Fsp3) is 0.722. The number of hydrogen-bond acceptors (Lipinski definition) is 12. The molecule has 13 N–H and O–H groups in total. The van der Waals surface area contributed by atoms with E-state index < -0.39 is 133 Å². The number of unbranched alkanes of at least 4 members (excludes halogenated alkanes) is 1. The Kier molecular flexibility index (Phi) is 21.9. The summed E-state index contributed by atoms with van der Waals surface area (Å²) in [5, 5.41) is 42.4. The van der Waals surface area contributed by atoms with Gasteiger partial charge in [-0.1, -0.05) is 34.1 Å². The van der Waals surface area contributed by atoms with Gasteiger partial charge in [-0.05, 0) is 63.8 Å². The molecule has 0 bridgehead atoms. The molecule has 58 heavy (non-hydrogen) atoms. The standard InChI is InChI=1S/C36H61N9O13/c1-6-19(4)29(44-32(53)23(16-27(49)50)41-25(46)17-39-30(51)21(38)12-13-26(47)48)34(55)43-28(18(2)3)33(54)42-22(10-7-8-14-37)31(52)40-20(5)35(56)45-15-9-11-24(45)36(57)58/h18-24,28-29H,6-17,37-38H2,1-5H3,(H,39,51)(H,40,52)(H,41,46)(H,42,54)(H,43,55)(H,44,53)(H,47,48)(H,49,50)(H,57,58)/t19-,20-,21-,22-,23-,24-,28-,29-/m0/s1. The van der Waals surface area contributed by atoms with Crippen LogP contribution in [-0.2, 0) is 47.9 Å². The van der Waals surface area contributed by atoms with E-state index in [0.717, 1.165) is 0 Å². The zero-order valence-corrected chi connectivity index (χ0v) is 33.7. The monoisotopic (exact) mass is 827 g/mol. The molecule has 0 aromatic rings. The second-order valence-electron chi connectivity index (χ2n) is 14.7. The first-order valence-electron chi connectivity index (χ1n) is 19.4. The minimum absolute atomic E-state index is 0.110. The molecule has 0 saturated carbocycles. The summed E-state index contributed by atoms with van der Waals surface area (Å²) in [6, 6.07) is -8.89. The number of carbonyl (C=O) groups excluding carboxylic acids is 7. The van der Waals surface area contributed by atoms with Crippen LogP contribution in [0, 0.1) is 11.8 Å². The van der Waals surface area contributed by atoms with Crippen LogP contribution in [0.1, 0.15) is 92.4 Å². The Bertz CT molecular complexity index is 1490. The maximum Gasteiger partial charge on any atom is 0.326 e. The van der Waals surface area contributed by atoms with E-state index in [9.17, 15) is 58.2 Å². The van der Waals surface area contributed by atoms with Gasteiger partial charge >= 0.3 is 17.9 Å². The molecule has 8 atom stereocenters. The fourth-order valence-electron chi connectivity index (χ4n) is 6.01. The quantitative estimate of drug-likeness (QED) is 0.0390. The number of carboxylic acid groups (broad SMARTS) is 3. The number of hydrogen-bond donors (Lipinski definition) is 11. The van der Waals surface area contributed by atoms with E-state index in [0.29, 0.717) is 32.2 Å². The minimum Gasteiger partial charge on any atom is -0.481 e. The summed E-state index contributed by atoms with van der Waals surface area (Å²) in [5.41, 5.74) is 11.3. The third kappa shape index (κ3) is 17.0. The van der Waals surface area contributed by atoms with Crippen LogP contribution in [0.25, 0.3) is 0 Å². The first-order valence-corrected chi connectivity index (χ1v) is 19.4. The molecule has 328 valence electrons. The van der Waals surface area contributed by atoms with Gasteiger partial charge in [0.1, 0.15) is 36.3 Å². The van der Waals surface area contributed by atoms with Crippen molar-refractivity contribution < 1.29 is 63.3 Å². The third-order valence-corrected chi connectivity index (χ3v) is 9.63. The van der Waals surface area contributed by atoms with Crippen molar-refractivity contribution in [2.75, 3.05) is 19.6 Å². The molecule has 7 amide bonds. The van der Waals surface area contributed by atoms with E-state index in [4.69, 9.17) is 16.6 Å². The Balaban J connectivity index is 3.13. The molecule has 1 fully saturated rings. The first kappa shape index (κ1) is 50.6. The number of nitrogens with one attached hydrogen (secondary N) is 6. The smallest absolute Gasteiger partial charge is 0.326 e. The van der Waals surface area contributed by atoms with Gasteiger partial charge in [-0.25, -0.2) is 4.79 Å². The van der Waals surface area contributed by atoms with Crippen molar-refractivity contribution >= 4 is 59.3 Å². The summed E-state index contributed by atoms with van der Waals surface area (Å²) in [6.07, 6.45) is 0.588. The Labute approximate surface area is 336 Å². The van der Waals surface area contributed by atoms with Crippen LogP contribution in [0.5, 0.6) is 0 Å². The molecule has 0 aromatic carbocycles. The van der Waals surface area contributed by atoms with E-state index in [1.165, 1.54) is 11.8 Å². The van der Waals surface area contributed by atoms with Gasteiger partial charge in [0.05, 0.1) is 19.0 Å². The van der Waals surface area contributed by atoms with Gasteiger partial charge in [-0.2, -0.15) is 0 Å². The molecular weight excluding hydrogens is 766 g/mol. The predicted molar refractivity (Wildman–Crippen MR) is 205 cm³/mol. The van der Waals surface area contributed by atoms with Crippen LogP contribution in [0.2, 0.25) is 0 Å². The highest BCUT2D eigenvalue weighted by Gasteiger charge is 2.38. The largest absolute Gasteiger partial charge is 0.481 e. The number of nitrogens with zero attached hydrogens (tertiary/aromatic N) is 1. The lowest BCUT2D eigenvalue weighted by Gasteiger charge is -2.30. The van der Waals surface area contributed by atoms with E-state index in [1.807, 2.05) is 0 Å². The number of likely N-dealkylation sites (tertiary alicyclic amines) is 1. The number of carboxylic acids is 3. The van der Waals surface area contributed by atoms with Crippen molar-refractivity contribution in [1.29, 1.82) is 0 Å². The van der Waals surface area contributed by atoms with Gasteiger partial charge in [-0.3, -0.25) is 43.2 Å². The van der Waals surface area contributed by atoms with Crippen molar-refractivity contribution in [2.45, 2.75) is 135 Å². The second kappa shape index (κ2) is 25.1. The number of aliphatic carboxylic acids is 3.